The number of nitrogens with one attached hydrogen (secondary N) is 1. The highest BCUT2D eigenvalue weighted by Gasteiger charge is 2.31. The standard InChI is InChI=1S/C18H28FNO/c1-12(2)14-6-7-17(20-3)15(11-14)9-13-5-8-18(21-4)16(19)10-13/h5,8,10,12,14-15,17,20H,6-7,9,11H2,1-4H3. The molecule has 0 saturated heterocycles. The van der Waals surface area contributed by atoms with Gasteiger partial charge in [-0.2, -0.15) is 0 Å². The zero-order valence-electron chi connectivity index (χ0n) is 13.7. The van der Waals surface area contributed by atoms with E-state index >= 15 is 0 Å². The van der Waals surface area contributed by atoms with Crippen molar-refractivity contribution in [2.75, 3.05) is 14.2 Å². The molecule has 1 aliphatic carbocycles. The molecule has 1 N–H and O–H groups in total. The van der Waals surface area contributed by atoms with Crippen LogP contribution in [-0.4, -0.2) is 20.2 Å². The minimum absolute atomic E-state index is 0.257. The second kappa shape index (κ2) is 7.26. The van der Waals surface area contributed by atoms with Crippen molar-refractivity contribution in [3.8, 4) is 5.75 Å². The van der Waals surface area contributed by atoms with Crippen molar-refractivity contribution >= 4 is 0 Å². The second-order valence-electron chi connectivity index (χ2n) is 6.65. The van der Waals surface area contributed by atoms with Gasteiger partial charge in [-0.1, -0.05) is 19.9 Å². The van der Waals surface area contributed by atoms with E-state index in [4.69, 9.17) is 4.74 Å². The van der Waals surface area contributed by atoms with E-state index in [0.29, 0.717) is 17.7 Å². The molecule has 0 aromatic heterocycles. The van der Waals surface area contributed by atoms with Gasteiger partial charge in [0.2, 0.25) is 0 Å². The molecule has 0 heterocycles. The monoisotopic (exact) mass is 293 g/mol. The van der Waals surface area contributed by atoms with Crippen molar-refractivity contribution in [3.05, 3.63) is 29.6 Å². The highest BCUT2D eigenvalue weighted by molar-refractivity contribution is 5.29. The number of methoxy groups -OCH3 is 1. The van der Waals surface area contributed by atoms with E-state index in [9.17, 15) is 4.39 Å². The van der Waals surface area contributed by atoms with E-state index < -0.39 is 0 Å². The molecule has 21 heavy (non-hydrogen) atoms. The lowest BCUT2D eigenvalue weighted by Crippen LogP contribution is -2.40. The Morgan fingerprint density at radius 3 is 2.67 bits per heavy atom. The van der Waals surface area contributed by atoms with E-state index in [-0.39, 0.29) is 5.82 Å². The first-order valence-corrected chi connectivity index (χ1v) is 8.04. The van der Waals surface area contributed by atoms with Crippen LogP contribution in [0.15, 0.2) is 18.2 Å². The highest BCUT2D eigenvalue weighted by Crippen LogP contribution is 2.36. The summed E-state index contributed by atoms with van der Waals surface area (Å²) in [6.45, 7) is 4.63. The molecular formula is C18H28FNO. The molecule has 0 bridgehead atoms. The van der Waals surface area contributed by atoms with E-state index in [0.717, 1.165) is 23.8 Å². The molecule has 118 valence electrons. The van der Waals surface area contributed by atoms with Crippen LogP contribution >= 0.6 is 0 Å². The van der Waals surface area contributed by atoms with Crippen LogP contribution in [0.3, 0.4) is 0 Å². The predicted molar refractivity (Wildman–Crippen MR) is 85.2 cm³/mol. The molecule has 2 nitrogen and oxygen atoms in total. The third-order valence-corrected chi connectivity index (χ3v) is 5.05. The van der Waals surface area contributed by atoms with Crippen LogP contribution in [0.2, 0.25) is 0 Å². The first-order valence-electron chi connectivity index (χ1n) is 8.04. The van der Waals surface area contributed by atoms with Gasteiger partial charge in [0.15, 0.2) is 11.6 Å². The van der Waals surface area contributed by atoms with E-state index in [1.807, 2.05) is 13.1 Å². The first-order chi connectivity index (χ1) is 10.0. The third-order valence-electron chi connectivity index (χ3n) is 5.05. The summed E-state index contributed by atoms with van der Waals surface area (Å²) in [5.74, 6) is 2.18. The maximum absolute atomic E-state index is 13.8. The van der Waals surface area contributed by atoms with Gasteiger partial charge in [0.1, 0.15) is 0 Å². The van der Waals surface area contributed by atoms with Crippen molar-refractivity contribution in [1.82, 2.24) is 5.32 Å². The molecule has 1 saturated carbocycles. The Bertz CT molecular complexity index is 461. The molecule has 3 unspecified atom stereocenters. The fraction of sp³-hybridized carbons (Fsp3) is 0.667. The summed E-state index contributed by atoms with van der Waals surface area (Å²) >= 11 is 0. The van der Waals surface area contributed by atoms with Crippen molar-refractivity contribution in [1.29, 1.82) is 0 Å². The summed E-state index contributed by atoms with van der Waals surface area (Å²) in [6, 6.07) is 5.91. The summed E-state index contributed by atoms with van der Waals surface area (Å²) in [5, 5.41) is 3.45. The minimum Gasteiger partial charge on any atom is -0.494 e. The Morgan fingerprint density at radius 1 is 1.33 bits per heavy atom. The van der Waals surface area contributed by atoms with Crippen LogP contribution in [0.25, 0.3) is 0 Å². The Labute approximate surface area is 128 Å². The summed E-state index contributed by atoms with van der Waals surface area (Å²) in [6.07, 6.45) is 4.70. The number of hydrogen-bond donors (Lipinski definition) is 1. The Morgan fingerprint density at radius 2 is 2.10 bits per heavy atom. The molecule has 1 aromatic carbocycles. The number of ether oxygens (including phenoxy) is 1. The van der Waals surface area contributed by atoms with Crippen LogP contribution in [-0.2, 0) is 6.42 Å². The molecule has 3 atom stereocenters. The van der Waals surface area contributed by atoms with E-state index in [1.54, 1.807) is 12.1 Å². The van der Waals surface area contributed by atoms with Crippen LogP contribution < -0.4 is 10.1 Å². The molecule has 1 fully saturated rings. The zero-order valence-corrected chi connectivity index (χ0v) is 13.7. The summed E-state index contributed by atoms with van der Waals surface area (Å²) in [4.78, 5) is 0. The minimum atomic E-state index is -0.257. The van der Waals surface area contributed by atoms with Gasteiger partial charge in [-0.05, 0) is 68.2 Å². The lowest BCUT2D eigenvalue weighted by molar-refractivity contribution is 0.172. The van der Waals surface area contributed by atoms with Crippen molar-refractivity contribution in [2.24, 2.45) is 17.8 Å². The topological polar surface area (TPSA) is 21.3 Å². The Balaban J connectivity index is 2.09. The highest BCUT2D eigenvalue weighted by atomic mass is 19.1. The molecular weight excluding hydrogens is 265 g/mol. The lowest BCUT2D eigenvalue weighted by Gasteiger charge is -2.38. The van der Waals surface area contributed by atoms with Gasteiger partial charge < -0.3 is 10.1 Å². The molecule has 2 rings (SSSR count). The van der Waals surface area contributed by atoms with Crippen LogP contribution in [0.5, 0.6) is 5.75 Å². The van der Waals surface area contributed by atoms with E-state index in [2.05, 4.69) is 19.2 Å². The van der Waals surface area contributed by atoms with Gasteiger partial charge in [-0.3, -0.25) is 0 Å². The average Bonchev–Trinajstić information content (AvgIpc) is 2.47. The quantitative estimate of drug-likeness (QED) is 0.884. The SMILES string of the molecule is CNC1CCC(C(C)C)CC1Cc1ccc(OC)c(F)c1. The second-order valence-corrected chi connectivity index (χ2v) is 6.65. The summed E-state index contributed by atoms with van der Waals surface area (Å²) in [7, 11) is 3.55. The number of benzene rings is 1. The lowest BCUT2D eigenvalue weighted by atomic mass is 9.72. The fourth-order valence-electron chi connectivity index (χ4n) is 3.65. The van der Waals surface area contributed by atoms with Gasteiger partial charge in [0.05, 0.1) is 7.11 Å². The third kappa shape index (κ3) is 3.97. The van der Waals surface area contributed by atoms with Gasteiger partial charge >= 0.3 is 0 Å². The molecule has 1 aromatic rings. The fourth-order valence-corrected chi connectivity index (χ4v) is 3.65. The van der Waals surface area contributed by atoms with Crippen LogP contribution in [0.1, 0.15) is 38.7 Å². The van der Waals surface area contributed by atoms with Crippen LogP contribution in [0, 0.1) is 23.6 Å². The van der Waals surface area contributed by atoms with E-state index in [1.165, 1.54) is 26.4 Å². The van der Waals surface area contributed by atoms with Gasteiger partial charge in [-0.15, -0.1) is 0 Å². The summed E-state index contributed by atoms with van der Waals surface area (Å²) < 4.78 is 18.8. The predicted octanol–water partition coefficient (Wildman–Crippen LogP) is 4.04. The number of rotatable bonds is 5. The molecule has 0 radical (unpaired) electrons. The van der Waals surface area contributed by atoms with Crippen molar-refractivity contribution in [2.45, 2.75) is 45.6 Å². The summed E-state index contributed by atoms with van der Waals surface area (Å²) in [5.41, 5.74) is 1.07. The van der Waals surface area contributed by atoms with Crippen LogP contribution in [0.4, 0.5) is 4.39 Å². The zero-order chi connectivity index (χ0) is 15.4. The maximum Gasteiger partial charge on any atom is 0.165 e. The first kappa shape index (κ1) is 16.3. The smallest absolute Gasteiger partial charge is 0.165 e. The van der Waals surface area contributed by atoms with Gasteiger partial charge in [0.25, 0.3) is 0 Å². The molecule has 3 heteroatoms. The average molecular weight is 293 g/mol. The molecule has 1 aliphatic rings. The molecule has 0 amide bonds. The van der Waals surface area contributed by atoms with Gasteiger partial charge in [0, 0.05) is 6.04 Å². The number of hydrogen-bond acceptors (Lipinski definition) is 2. The number of halogens is 1. The molecule has 0 spiro atoms. The normalized spacial score (nSPS) is 26.1. The Hall–Kier alpha value is -1.09. The van der Waals surface area contributed by atoms with Crippen molar-refractivity contribution < 1.29 is 9.13 Å². The largest absolute Gasteiger partial charge is 0.494 e. The maximum atomic E-state index is 13.8. The Kier molecular flexibility index (Phi) is 5.63. The van der Waals surface area contributed by atoms with Crippen molar-refractivity contribution in [3.63, 3.8) is 0 Å². The molecule has 0 aliphatic heterocycles. The van der Waals surface area contributed by atoms with Gasteiger partial charge in [-0.25, -0.2) is 4.39 Å².